The standard InChI is InChI=1S/C20H17ClN2O2/c1-13(17-11-8-15-4-2-3-5-18(15)20(17)25)22-23-19(24)12-14-6-9-16(21)10-7-14/h2-11,25H,12H2,1H3,(H,23,24)/b22-13+. The molecule has 126 valence electrons. The number of carbonyl (C=O) groups is 1. The van der Waals surface area contributed by atoms with E-state index in [4.69, 9.17) is 11.6 Å². The normalized spacial score (nSPS) is 11.5. The van der Waals surface area contributed by atoms with Gasteiger partial charge in [-0.1, -0.05) is 54.1 Å². The monoisotopic (exact) mass is 352 g/mol. The van der Waals surface area contributed by atoms with E-state index in [2.05, 4.69) is 10.5 Å². The number of nitrogens with one attached hydrogen (secondary N) is 1. The Morgan fingerprint density at radius 3 is 2.56 bits per heavy atom. The van der Waals surface area contributed by atoms with Crippen molar-refractivity contribution in [3.05, 3.63) is 76.8 Å². The summed E-state index contributed by atoms with van der Waals surface area (Å²) in [5.74, 6) is -0.0757. The van der Waals surface area contributed by atoms with Crippen LogP contribution in [-0.4, -0.2) is 16.7 Å². The summed E-state index contributed by atoms with van der Waals surface area (Å²) in [6.45, 7) is 1.74. The van der Waals surface area contributed by atoms with Gasteiger partial charge in [0.15, 0.2) is 0 Å². The third-order valence-electron chi connectivity index (χ3n) is 3.92. The summed E-state index contributed by atoms with van der Waals surface area (Å²) in [6.07, 6.45) is 0.206. The van der Waals surface area contributed by atoms with Crippen molar-refractivity contribution in [3.8, 4) is 5.75 Å². The van der Waals surface area contributed by atoms with Crippen molar-refractivity contribution in [2.24, 2.45) is 5.10 Å². The van der Waals surface area contributed by atoms with Crippen molar-refractivity contribution in [2.45, 2.75) is 13.3 Å². The predicted octanol–water partition coefficient (Wildman–Crippen LogP) is 4.28. The minimum atomic E-state index is -0.234. The molecule has 0 spiro atoms. The molecular formula is C20H17ClN2O2. The molecule has 3 aromatic carbocycles. The minimum absolute atomic E-state index is 0.159. The lowest BCUT2D eigenvalue weighted by Gasteiger charge is -2.08. The van der Waals surface area contributed by atoms with Crippen molar-refractivity contribution in [1.29, 1.82) is 0 Å². The molecule has 0 bridgehead atoms. The molecule has 0 fully saturated rings. The summed E-state index contributed by atoms with van der Waals surface area (Å²) >= 11 is 5.83. The molecule has 0 aliphatic carbocycles. The number of halogens is 1. The Balaban J connectivity index is 1.74. The molecule has 5 heteroatoms. The van der Waals surface area contributed by atoms with Crippen LogP contribution < -0.4 is 5.43 Å². The summed E-state index contributed by atoms with van der Waals surface area (Å²) < 4.78 is 0. The third-order valence-corrected chi connectivity index (χ3v) is 4.17. The Morgan fingerprint density at radius 2 is 1.80 bits per heavy atom. The summed E-state index contributed by atoms with van der Waals surface area (Å²) in [7, 11) is 0. The number of phenols is 1. The lowest BCUT2D eigenvalue weighted by atomic mass is 10.0. The number of hydrogen-bond acceptors (Lipinski definition) is 3. The molecule has 0 radical (unpaired) electrons. The second kappa shape index (κ2) is 7.36. The SMILES string of the molecule is C/C(=N\NC(=O)Cc1ccc(Cl)cc1)c1ccc2ccccc2c1O. The van der Waals surface area contributed by atoms with Crippen molar-refractivity contribution >= 4 is 34.0 Å². The van der Waals surface area contributed by atoms with E-state index in [1.54, 1.807) is 37.3 Å². The van der Waals surface area contributed by atoms with Crippen LogP contribution in [0, 0.1) is 0 Å². The zero-order valence-corrected chi connectivity index (χ0v) is 14.4. The fourth-order valence-corrected chi connectivity index (χ4v) is 2.71. The van der Waals surface area contributed by atoms with Gasteiger partial charge in [0.05, 0.1) is 12.1 Å². The maximum Gasteiger partial charge on any atom is 0.244 e. The average molecular weight is 353 g/mol. The molecule has 3 aromatic rings. The van der Waals surface area contributed by atoms with Crippen LogP contribution in [0.15, 0.2) is 65.8 Å². The van der Waals surface area contributed by atoms with E-state index < -0.39 is 0 Å². The molecule has 1 amide bonds. The van der Waals surface area contributed by atoms with Gasteiger partial charge < -0.3 is 5.11 Å². The van der Waals surface area contributed by atoms with Gasteiger partial charge in [0, 0.05) is 16.0 Å². The van der Waals surface area contributed by atoms with E-state index in [0.29, 0.717) is 16.3 Å². The fourth-order valence-electron chi connectivity index (χ4n) is 2.58. The highest BCUT2D eigenvalue weighted by atomic mass is 35.5. The van der Waals surface area contributed by atoms with Crippen LogP contribution in [0.3, 0.4) is 0 Å². The number of amides is 1. The average Bonchev–Trinajstić information content (AvgIpc) is 2.62. The first-order valence-electron chi connectivity index (χ1n) is 7.83. The van der Waals surface area contributed by atoms with E-state index >= 15 is 0 Å². The zero-order chi connectivity index (χ0) is 17.8. The fraction of sp³-hybridized carbons (Fsp3) is 0.100. The molecule has 4 nitrogen and oxygen atoms in total. The molecule has 0 saturated heterocycles. The van der Waals surface area contributed by atoms with E-state index in [-0.39, 0.29) is 18.1 Å². The minimum Gasteiger partial charge on any atom is -0.507 e. The van der Waals surface area contributed by atoms with Gasteiger partial charge in [-0.25, -0.2) is 5.43 Å². The highest BCUT2D eigenvalue weighted by molar-refractivity contribution is 6.30. The van der Waals surface area contributed by atoms with Gasteiger partial charge in [-0.05, 0) is 36.1 Å². The number of hydrogen-bond donors (Lipinski definition) is 2. The molecule has 0 aliphatic heterocycles. The number of rotatable bonds is 4. The molecule has 0 aliphatic rings. The summed E-state index contributed by atoms with van der Waals surface area (Å²) in [5, 5.41) is 16.9. The first-order valence-corrected chi connectivity index (χ1v) is 8.21. The van der Waals surface area contributed by atoms with Crippen LogP contribution in [0.2, 0.25) is 5.02 Å². The Hall–Kier alpha value is -2.85. The van der Waals surface area contributed by atoms with Gasteiger partial charge in [0.2, 0.25) is 5.91 Å². The second-order valence-corrected chi connectivity index (χ2v) is 6.15. The van der Waals surface area contributed by atoms with Gasteiger partial charge in [0.25, 0.3) is 0 Å². The lowest BCUT2D eigenvalue weighted by Crippen LogP contribution is -2.21. The lowest BCUT2D eigenvalue weighted by molar-refractivity contribution is -0.120. The van der Waals surface area contributed by atoms with Crippen LogP contribution >= 0.6 is 11.6 Å². The van der Waals surface area contributed by atoms with E-state index in [1.165, 1.54) is 0 Å². The van der Waals surface area contributed by atoms with Crippen LogP contribution in [0.5, 0.6) is 5.75 Å². The van der Waals surface area contributed by atoms with Crippen molar-refractivity contribution < 1.29 is 9.90 Å². The zero-order valence-electron chi connectivity index (χ0n) is 13.7. The largest absolute Gasteiger partial charge is 0.507 e. The Bertz CT molecular complexity index is 950. The molecular weight excluding hydrogens is 336 g/mol. The summed E-state index contributed by atoms with van der Waals surface area (Å²) in [4.78, 5) is 12.0. The Morgan fingerprint density at radius 1 is 1.08 bits per heavy atom. The number of carbonyl (C=O) groups excluding carboxylic acids is 1. The van der Waals surface area contributed by atoms with Gasteiger partial charge >= 0.3 is 0 Å². The molecule has 3 rings (SSSR count). The number of phenolic OH excluding ortho intramolecular Hbond substituents is 1. The van der Waals surface area contributed by atoms with Gasteiger partial charge in [-0.2, -0.15) is 5.10 Å². The van der Waals surface area contributed by atoms with Crippen molar-refractivity contribution in [2.75, 3.05) is 0 Å². The molecule has 0 atom stereocenters. The van der Waals surface area contributed by atoms with E-state index in [0.717, 1.165) is 16.3 Å². The smallest absolute Gasteiger partial charge is 0.244 e. The van der Waals surface area contributed by atoms with Gasteiger partial charge in [0.1, 0.15) is 5.75 Å². The number of benzene rings is 3. The first-order chi connectivity index (χ1) is 12.0. The van der Waals surface area contributed by atoms with Crippen LogP contribution in [-0.2, 0) is 11.2 Å². The molecule has 0 aromatic heterocycles. The maximum absolute atomic E-state index is 12.0. The van der Waals surface area contributed by atoms with Crippen molar-refractivity contribution in [3.63, 3.8) is 0 Å². The molecule has 0 heterocycles. The molecule has 2 N–H and O–H groups in total. The van der Waals surface area contributed by atoms with Crippen molar-refractivity contribution in [1.82, 2.24) is 5.43 Å². The summed E-state index contributed by atoms with van der Waals surface area (Å²) in [5.41, 5.74) is 4.50. The van der Waals surface area contributed by atoms with E-state index in [9.17, 15) is 9.90 Å². The van der Waals surface area contributed by atoms with Crippen LogP contribution in [0.25, 0.3) is 10.8 Å². The number of aromatic hydroxyl groups is 1. The summed E-state index contributed by atoms with van der Waals surface area (Å²) in [6, 6.07) is 18.4. The Labute approximate surface area is 150 Å². The van der Waals surface area contributed by atoms with Gasteiger partial charge in [-0.3, -0.25) is 4.79 Å². The molecule has 0 unspecified atom stereocenters. The molecule has 0 saturated carbocycles. The van der Waals surface area contributed by atoms with Crippen LogP contribution in [0.1, 0.15) is 18.1 Å². The predicted molar refractivity (Wildman–Crippen MR) is 101 cm³/mol. The highest BCUT2D eigenvalue weighted by Gasteiger charge is 2.09. The molecule has 25 heavy (non-hydrogen) atoms. The quantitative estimate of drug-likeness (QED) is 0.543. The van der Waals surface area contributed by atoms with Crippen LogP contribution in [0.4, 0.5) is 0 Å². The van der Waals surface area contributed by atoms with Gasteiger partial charge in [-0.15, -0.1) is 0 Å². The Kier molecular flexibility index (Phi) is 5.00. The third kappa shape index (κ3) is 3.98. The topological polar surface area (TPSA) is 61.7 Å². The van der Waals surface area contributed by atoms with E-state index in [1.807, 2.05) is 30.3 Å². The number of fused-ring (bicyclic) bond motifs is 1. The second-order valence-electron chi connectivity index (χ2n) is 5.72. The first kappa shape index (κ1) is 17.0. The maximum atomic E-state index is 12.0. The number of hydrazone groups is 1. The number of nitrogens with zero attached hydrogens (tertiary/aromatic N) is 1. The highest BCUT2D eigenvalue weighted by Crippen LogP contribution is 2.28.